The third-order valence-electron chi connectivity index (χ3n) is 6.35. The predicted octanol–water partition coefficient (Wildman–Crippen LogP) is 2.01. The summed E-state index contributed by atoms with van der Waals surface area (Å²) in [7, 11) is 0. The van der Waals surface area contributed by atoms with E-state index in [9.17, 15) is 9.59 Å². The van der Waals surface area contributed by atoms with E-state index >= 15 is 0 Å². The van der Waals surface area contributed by atoms with E-state index in [-0.39, 0.29) is 29.0 Å². The monoisotopic (exact) mass is 232 g/mol. The third kappa shape index (κ3) is 0.605. The second-order valence-electron chi connectivity index (χ2n) is 6.66. The molecule has 0 N–H and O–H groups in total. The second-order valence-corrected chi connectivity index (χ2v) is 6.66. The average molecular weight is 232 g/mol. The Morgan fingerprint density at radius 3 is 2.65 bits per heavy atom. The summed E-state index contributed by atoms with van der Waals surface area (Å²) in [6, 6.07) is 0. The van der Waals surface area contributed by atoms with Crippen molar-refractivity contribution < 1.29 is 14.3 Å². The van der Waals surface area contributed by atoms with Crippen molar-refractivity contribution in [3.8, 4) is 0 Å². The van der Waals surface area contributed by atoms with E-state index in [4.69, 9.17) is 4.74 Å². The highest BCUT2D eigenvalue weighted by atomic mass is 16.6. The van der Waals surface area contributed by atoms with Gasteiger partial charge in [-0.3, -0.25) is 9.59 Å². The molecule has 3 saturated carbocycles. The maximum Gasteiger partial charge on any atom is 0.307 e. The molecule has 0 spiro atoms. The number of carbonyl (C=O) groups is 2. The number of hydrogen-bond donors (Lipinski definition) is 0. The average Bonchev–Trinajstić information content (AvgIpc) is 2.53. The first-order valence-electron chi connectivity index (χ1n) is 6.29. The molecule has 0 unspecified atom stereocenters. The lowest BCUT2D eigenvalue weighted by Gasteiger charge is -2.36. The Morgan fingerprint density at radius 1 is 1.29 bits per heavy atom. The van der Waals surface area contributed by atoms with Crippen LogP contribution in [0.15, 0.2) is 12.2 Å². The summed E-state index contributed by atoms with van der Waals surface area (Å²) >= 11 is 0. The van der Waals surface area contributed by atoms with Crippen LogP contribution in [0.1, 0.15) is 39.5 Å². The molecule has 0 aromatic rings. The van der Waals surface area contributed by atoms with Crippen LogP contribution in [0.3, 0.4) is 0 Å². The number of carbonyl (C=O) groups excluding carboxylic acids is 2. The van der Waals surface area contributed by atoms with Gasteiger partial charge in [-0.05, 0) is 19.3 Å². The molecule has 0 amide bonds. The molecule has 1 aliphatic heterocycles. The van der Waals surface area contributed by atoms with Crippen LogP contribution in [0.4, 0.5) is 0 Å². The van der Waals surface area contributed by atoms with Gasteiger partial charge in [0.1, 0.15) is 11.0 Å². The van der Waals surface area contributed by atoms with Crippen molar-refractivity contribution >= 4 is 11.8 Å². The zero-order chi connectivity index (χ0) is 12.3. The van der Waals surface area contributed by atoms with E-state index in [1.165, 1.54) is 0 Å². The fraction of sp³-hybridized carbons (Fsp3) is 0.714. The van der Waals surface area contributed by atoms with Gasteiger partial charge in [-0.1, -0.05) is 26.0 Å². The van der Waals surface area contributed by atoms with Crippen LogP contribution in [0.5, 0.6) is 0 Å². The summed E-state index contributed by atoms with van der Waals surface area (Å²) in [6.45, 7) is 8.22. The zero-order valence-electron chi connectivity index (χ0n) is 10.3. The Kier molecular flexibility index (Phi) is 1.22. The summed E-state index contributed by atoms with van der Waals surface area (Å²) in [4.78, 5) is 24.6. The van der Waals surface area contributed by atoms with Gasteiger partial charge in [-0.15, -0.1) is 0 Å². The van der Waals surface area contributed by atoms with Gasteiger partial charge >= 0.3 is 5.97 Å². The molecule has 4 atom stereocenters. The van der Waals surface area contributed by atoms with E-state index < -0.39 is 11.0 Å². The van der Waals surface area contributed by atoms with Gasteiger partial charge < -0.3 is 4.74 Å². The number of hydrogen-bond acceptors (Lipinski definition) is 3. The minimum absolute atomic E-state index is 0.150. The van der Waals surface area contributed by atoms with Crippen molar-refractivity contribution in [2.75, 3.05) is 0 Å². The second kappa shape index (κ2) is 2.11. The van der Waals surface area contributed by atoms with Crippen LogP contribution in [-0.2, 0) is 14.3 Å². The molecule has 3 heteroatoms. The van der Waals surface area contributed by atoms with Crippen LogP contribution in [0, 0.1) is 16.2 Å². The van der Waals surface area contributed by atoms with Gasteiger partial charge in [0.05, 0.1) is 6.42 Å². The highest BCUT2D eigenvalue weighted by Crippen LogP contribution is 2.86. The quantitative estimate of drug-likeness (QED) is 0.474. The maximum absolute atomic E-state index is 12.8. The van der Waals surface area contributed by atoms with Crippen LogP contribution in [0.2, 0.25) is 0 Å². The van der Waals surface area contributed by atoms with Crippen molar-refractivity contribution in [3.63, 3.8) is 0 Å². The predicted molar refractivity (Wildman–Crippen MR) is 60.1 cm³/mol. The number of Topliss-reactive ketones (excluding diaryl/α,β-unsaturated/α-hetero) is 1. The summed E-state index contributed by atoms with van der Waals surface area (Å²) in [5.41, 5.74) is -0.728. The lowest BCUT2D eigenvalue weighted by molar-refractivity contribution is -0.156. The largest absolute Gasteiger partial charge is 0.457 e. The van der Waals surface area contributed by atoms with Gasteiger partial charge in [-0.25, -0.2) is 0 Å². The normalized spacial score (nSPS) is 58.8. The van der Waals surface area contributed by atoms with Gasteiger partial charge in [-0.2, -0.15) is 0 Å². The minimum Gasteiger partial charge on any atom is -0.457 e. The lowest BCUT2D eigenvalue weighted by atomic mass is 9.67. The maximum atomic E-state index is 12.8. The van der Waals surface area contributed by atoms with Gasteiger partial charge in [0.2, 0.25) is 0 Å². The fourth-order valence-electron chi connectivity index (χ4n) is 5.23. The Hall–Kier alpha value is -1.12. The molecule has 1 saturated heterocycles. The van der Waals surface area contributed by atoms with Gasteiger partial charge in [0.25, 0.3) is 0 Å². The van der Waals surface area contributed by atoms with E-state index in [2.05, 4.69) is 13.5 Å². The molecule has 17 heavy (non-hydrogen) atoms. The SMILES string of the molecule is C=C1CC[C@@]23OC(=O)C[C@@]12C(=O)[C@@]1(C)C[C@@]31C. The summed E-state index contributed by atoms with van der Waals surface area (Å²) < 4.78 is 5.73. The van der Waals surface area contributed by atoms with Crippen molar-refractivity contribution in [2.45, 2.75) is 45.1 Å². The lowest BCUT2D eigenvalue weighted by Crippen LogP contribution is -2.46. The molecule has 0 radical (unpaired) electrons. The topological polar surface area (TPSA) is 43.4 Å². The van der Waals surface area contributed by atoms with E-state index in [1.807, 2.05) is 6.92 Å². The first kappa shape index (κ1) is 9.86. The third-order valence-corrected chi connectivity index (χ3v) is 6.35. The highest BCUT2D eigenvalue weighted by Gasteiger charge is 2.93. The van der Waals surface area contributed by atoms with Crippen molar-refractivity contribution in [1.29, 1.82) is 0 Å². The molecule has 3 nitrogen and oxygen atoms in total. The summed E-state index contributed by atoms with van der Waals surface area (Å²) in [6.07, 6.45) is 2.71. The Balaban J connectivity index is 2.05. The standard InChI is InChI=1S/C14H16O3/c1-8-4-5-14-12(3)7-11(12,2)10(16)13(8,14)6-9(15)17-14/h1,4-7H2,2-3H3/t11-,12-,13+,14+/m1/s1. The first-order valence-corrected chi connectivity index (χ1v) is 6.29. The van der Waals surface area contributed by atoms with Crippen LogP contribution >= 0.6 is 0 Å². The van der Waals surface area contributed by atoms with Crippen LogP contribution in [0.25, 0.3) is 0 Å². The van der Waals surface area contributed by atoms with Crippen LogP contribution < -0.4 is 0 Å². The fourth-order valence-corrected chi connectivity index (χ4v) is 5.23. The number of ketones is 1. The van der Waals surface area contributed by atoms with E-state index in [0.29, 0.717) is 0 Å². The number of rotatable bonds is 0. The Morgan fingerprint density at radius 2 is 2.00 bits per heavy atom. The smallest absolute Gasteiger partial charge is 0.307 e. The summed E-state index contributed by atoms with van der Waals surface area (Å²) in [5.74, 6) is 0.00947. The zero-order valence-corrected chi connectivity index (χ0v) is 10.3. The molecule has 0 aromatic heterocycles. The molecule has 1 heterocycles. The molecule has 4 rings (SSSR count). The number of fused-ring (bicyclic) bond motifs is 1. The van der Waals surface area contributed by atoms with E-state index in [0.717, 1.165) is 24.8 Å². The molecular formula is C14H16O3. The van der Waals surface area contributed by atoms with Crippen LogP contribution in [-0.4, -0.2) is 17.4 Å². The van der Waals surface area contributed by atoms with Crippen molar-refractivity contribution in [2.24, 2.45) is 16.2 Å². The molecule has 90 valence electrons. The molecule has 3 aliphatic carbocycles. The molecule has 0 bridgehead atoms. The Bertz CT molecular complexity index is 522. The molecule has 4 aliphatic rings. The Labute approximate surface area is 100 Å². The highest BCUT2D eigenvalue weighted by molar-refractivity contribution is 6.06. The van der Waals surface area contributed by atoms with Gasteiger partial charge in [0, 0.05) is 10.8 Å². The van der Waals surface area contributed by atoms with Gasteiger partial charge in [0.15, 0.2) is 5.78 Å². The first-order chi connectivity index (χ1) is 7.84. The number of esters is 1. The van der Waals surface area contributed by atoms with Crippen molar-refractivity contribution in [3.05, 3.63) is 12.2 Å². The van der Waals surface area contributed by atoms with E-state index in [1.54, 1.807) is 0 Å². The molecule has 0 aromatic carbocycles. The summed E-state index contributed by atoms with van der Waals surface area (Å²) in [5, 5.41) is 0. The number of ether oxygens (including phenoxy) is 1. The molecule has 4 fully saturated rings. The molecular weight excluding hydrogens is 216 g/mol. The minimum atomic E-state index is -0.675. The van der Waals surface area contributed by atoms with Crippen molar-refractivity contribution in [1.82, 2.24) is 0 Å².